The normalized spacial score (nSPS) is 12.7. The molecule has 2 rings (SSSR count). The van der Waals surface area contributed by atoms with Crippen molar-refractivity contribution >= 4 is 17.8 Å². The number of methoxy groups -OCH3 is 1. The van der Waals surface area contributed by atoms with E-state index in [0.29, 0.717) is 12.0 Å². The second kappa shape index (κ2) is 9.56. The van der Waals surface area contributed by atoms with Gasteiger partial charge < -0.3 is 19.4 Å². The highest BCUT2D eigenvalue weighted by atomic mass is 16.5. The molecule has 27 heavy (non-hydrogen) atoms. The Labute approximate surface area is 158 Å². The van der Waals surface area contributed by atoms with Gasteiger partial charge in [0.25, 0.3) is 5.91 Å². The van der Waals surface area contributed by atoms with Gasteiger partial charge in [0.05, 0.1) is 12.7 Å². The standard InChI is InChI=1S/C20H24N2O5/c1-4-14(2)18(20(25)26-3)21-17(23)13-27-19(24)15-8-7-9-16(12-15)22-10-5-6-11-22/h5-12,14,18H,4,13H2,1-3H3,(H,21,23)/t14-,18-/m0/s1. The van der Waals surface area contributed by atoms with Crippen molar-refractivity contribution in [3.63, 3.8) is 0 Å². The Kier molecular flexibility index (Phi) is 7.16. The topological polar surface area (TPSA) is 86.6 Å². The summed E-state index contributed by atoms with van der Waals surface area (Å²) in [4.78, 5) is 36.1. The molecule has 0 unspecified atom stereocenters. The third-order valence-corrected chi connectivity index (χ3v) is 4.30. The number of nitrogens with one attached hydrogen (secondary N) is 1. The van der Waals surface area contributed by atoms with Crippen molar-refractivity contribution in [1.29, 1.82) is 0 Å². The zero-order valence-electron chi connectivity index (χ0n) is 15.7. The Morgan fingerprint density at radius 3 is 2.48 bits per heavy atom. The van der Waals surface area contributed by atoms with E-state index in [9.17, 15) is 14.4 Å². The highest BCUT2D eigenvalue weighted by Gasteiger charge is 2.27. The van der Waals surface area contributed by atoms with Crippen molar-refractivity contribution in [2.75, 3.05) is 13.7 Å². The number of aromatic nitrogens is 1. The SMILES string of the molecule is CC[C@H](C)[C@H](NC(=O)COC(=O)c1cccc(-n2cccc2)c1)C(=O)OC. The molecule has 0 aliphatic carbocycles. The number of ether oxygens (including phenoxy) is 2. The summed E-state index contributed by atoms with van der Waals surface area (Å²) < 4.78 is 11.7. The van der Waals surface area contributed by atoms with Crippen LogP contribution >= 0.6 is 0 Å². The van der Waals surface area contributed by atoms with Gasteiger partial charge in [-0.3, -0.25) is 4.79 Å². The quantitative estimate of drug-likeness (QED) is 0.719. The molecule has 1 heterocycles. The molecule has 0 radical (unpaired) electrons. The largest absolute Gasteiger partial charge is 0.467 e. The predicted molar refractivity (Wildman–Crippen MR) is 99.5 cm³/mol. The molecule has 0 spiro atoms. The molecule has 0 saturated heterocycles. The van der Waals surface area contributed by atoms with Crippen molar-refractivity contribution in [3.05, 3.63) is 54.4 Å². The summed E-state index contributed by atoms with van der Waals surface area (Å²) in [6.45, 7) is 3.27. The molecule has 0 aliphatic heterocycles. The maximum absolute atomic E-state index is 12.2. The van der Waals surface area contributed by atoms with Gasteiger partial charge in [0.15, 0.2) is 6.61 Å². The molecule has 0 saturated carbocycles. The molecule has 7 heteroatoms. The first-order chi connectivity index (χ1) is 13.0. The van der Waals surface area contributed by atoms with Gasteiger partial charge in [-0.15, -0.1) is 0 Å². The summed E-state index contributed by atoms with van der Waals surface area (Å²) in [5.41, 5.74) is 1.14. The lowest BCUT2D eigenvalue weighted by Crippen LogP contribution is -2.47. The van der Waals surface area contributed by atoms with Crippen LogP contribution in [0.2, 0.25) is 0 Å². The number of nitrogens with zero attached hydrogens (tertiary/aromatic N) is 1. The Morgan fingerprint density at radius 1 is 1.15 bits per heavy atom. The highest BCUT2D eigenvalue weighted by Crippen LogP contribution is 2.12. The monoisotopic (exact) mass is 372 g/mol. The molecule has 1 aromatic carbocycles. The molecule has 1 N–H and O–H groups in total. The van der Waals surface area contributed by atoms with E-state index in [1.165, 1.54) is 7.11 Å². The highest BCUT2D eigenvalue weighted by molar-refractivity contribution is 5.92. The van der Waals surface area contributed by atoms with E-state index in [-0.39, 0.29) is 5.92 Å². The molecule has 1 amide bonds. The Balaban J connectivity index is 1.95. The van der Waals surface area contributed by atoms with E-state index in [2.05, 4.69) is 5.32 Å². The summed E-state index contributed by atoms with van der Waals surface area (Å²) in [6, 6.07) is 9.87. The lowest BCUT2D eigenvalue weighted by Gasteiger charge is -2.21. The third-order valence-electron chi connectivity index (χ3n) is 4.30. The van der Waals surface area contributed by atoms with Crippen LogP contribution in [-0.2, 0) is 19.1 Å². The van der Waals surface area contributed by atoms with Crippen LogP contribution in [-0.4, -0.2) is 42.2 Å². The zero-order valence-corrected chi connectivity index (χ0v) is 15.7. The van der Waals surface area contributed by atoms with Crippen molar-refractivity contribution in [2.45, 2.75) is 26.3 Å². The van der Waals surface area contributed by atoms with Crippen molar-refractivity contribution in [2.24, 2.45) is 5.92 Å². The van der Waals surface area contributed by atoms with Gasteiger partial charge in [-0.25, -0.2) is 9.59 Å². The van der Waals surface area contributed by atoms with Crippen LogP contribution < -0.4 is 5.32 Å². The summed E-state index contributed by atoms with van der Waals surface area (Å²) in [6.07, 6.45) is 4.41. The van der Waals surface area contributed by atoms with E-state index in [4.69, 9.17) is 9.47 Å². The molecule has 0 fully saturated rings. The van der Waals surface area contributed by atoms with E-state index in [1.54, 1.807) is 18.2 Å². The molecular formula is C20H24N2O5. The number of rotatable bonds is 8. The van der Waals surface area contributed by atoms with Gasteiger partial charge in [-0.1, -0.05) is 26.3 Å². The molecule has 0 bridgehead atoms. The van der Waals surface area contributed by atoms with Crippen molar-refractivity contribution in [3.8, 4) is 5.69 Å². The Morgan fingerprint density at radius 2 is 1.85 bits per heavy atom. The van der Waals surface area contributed by atoms with Gasteiger partial charge in [-0.2, -0.15) is 0 Å². The fourth-order valence-electron chi connectivity index (χ4n) is 2.53. The fourth-order valence-corrected chi connectivity index (χ4v) is 2.53. The molecule has 1 aromatic heterocycles. The lowest BCUT2D eigenvalue weighted by atomic mass is 9.99. The summed E-state index contributed by atoms with van der Waals surface area (Å²) in [5, 5.41) is 2.56. The van der Waals surface area contributed by atoms with Gasteiger partial charge in [0.1, 0.15) is 6.04 Å². The zero-order chi connectivity index (χ0) is 19.8. The van der Waals surface area contributed by atoms with Gasteiger partial charge in [0, 0.05) is 18.1 Å². The molecule has 0 aliphatic rings. The number of carbonyl (C=O) groups excluding carboxylic acids is 3. The minimum absolute atomic E-state index is 0.102. The minimum Gasteiger partial charge on any atom is -0.467 e. The average Bonchev–Trinajstić information content (AvgIpc) is 3.24. The van der Waals surface area contributed by atoms with E-state index in [1.807, 2.05) is 49.0 Å². The van der Waals surface area contributed by atoms with E-state index >= 15 is 0 Å². The van der Waals surface area contributed by atoms with Crippen LogP contribution in [0, 0.1) is 5.92 Å². The molecule has 144 valence electrons. The minimum atomic E-state index is -0.775. The number of esters is 2. The second-order valence-electron chi connectivity index (χ2n) is 6.17. The predicted octanol–water partition coefficient (Wildman–Crippen LogP) is 2.34. The number of hydrogen-bond acceptors (Lipinski definition) is 5. The van der Waals surface area contributed by atoms with Crippen molar-refractivity contribution < 1.29 is 23.9 Å². The van der Waals surface area contributed by atoms with Gasteiger partial charge >= 0.3 is 11.9 Å². The molecule has 2 atom stereocenters. The molecule has 7 nitrogen and oxygen atoms in total. The van der Waals surface area contributed by atoms with Crippen LogP contribution in [0.3, 0.4) is 0 Å². The lowest BCUT2D eigenvalue weighted by molar-refractivity contribution is -0.147. The van der Waals surface area contributed by atoms with Crippen LogP contribution in [0.5, 0.6) is 0 Å². The summed E-state index contributed by atoms with van der Waals surface area (Å²) >= 11 is 0. The Hall–Kier alpha value is -3.09. The van der Waals surface area contributed by atoms with E-state index in [0.717, 1.165) is 5.69 Å². The van der Waals surface area contributed by atoms with E-state index < -0.39 is 30.5 Å². The first-order valence-corrected chi connectivity index (χ1v) is 8.74. The average molecular weight is 372 g/mol. The van der Waals surface area contributed by atoms with Crippen LogP contribution in [0.25, 0.3) is 5.69 Å². The maximum atomic E-state index is 12.2. The van der Waals surface area contributed by atoms with Crippen molar-refractivity contribution in [1.82, 2.24) is 9.88 Å². The third kappa shape index (κ3) is 5.44. The first kappa shape index (κ1) is 20.2. The fraction of sp³-hybridized carbons (Fsp3) is 0.350. The van der Waals surface area contributed by atoms with Crippen LogP contribution in [0.15, 0.2) is 48.8 Å². The maximum Gasteiger partial charge on any atom is 0.338 e. The molecule has 2 aromatic rings. The number of benzene rings is 1. The van der Waals surface area contributed by atoms with Crippen LogP contribution in [0.1, 0.15) is 30.6 Å². The summed E-state index contributed by atoms with van der Waals surface area (Å²) in [7, 11) is 1.27. The van der Waals surface area contributed by atoms with Gasteiger partial charge in [0.2, 0.25) is 0 Å². The smallest absolute Gasteiger partial charge is 0.338 e. The number of amides is 1. The first-order valence-electron chi connectivity index (χ1n) is 8.74. The number of hydrogen-bond donors (Lipinski definition) is 1. The molecular weight excluding hydrogens is 348 g/mol. The Bertz CT molecular complexity index is 785. The van der Waals surface area contributed by atoms with Gasteiger partial charge in [-0.05, 0) is 36.2 Å². The van der Waals surface area contributed by atoms with Crippen LogP contribution in [0.4, 0.5) is 0 Å². The second-order valence-corrected chi connectivity index (χ2v) is 6.17. The summed E-state index contributed by atoms with van der Waals surface area (Å²) in [5.74, 6) is -1.79. The number of carbonyl (C=O) groups is 3.